The van der Waals surface area contributed by atoms with Gasteiger partial charge in [-0.2, -0.15) is 0 Å². The van der Waals surface area contributed by atoms with Gasteiger partial charge in [0.25, 0.3) is 0 Å². The molecule has 0 aliphatic carbocycles. The van der Waals surface area contributed by atoms with Gasteiger partial charge in [-0.15, -0.1) is 0 Å². The zero-order valence-corrected chi connectivity index (χ0v) is 21.4. The Morgan fingerprint density at radius 3 is 1.94 bits per heavy atom. The number of carboxylic acid groups (broad SMARTS) is 3. The highest BCUT2D eigenvalue weighted by atomic mass is 32.1. The number of rotatable bonds is 9. The Morgan fingerprint density at radius 2 is 1.40 bits per heavy atom. The van der Waals surface area contributed by atoms with Crippen LogP contribution in [0.4, 0.5) is 5.69 Å². The Kier molecular flexibility index (Phi) is 10.6. The monoisotopic (exact) mass is 508 g/mol. The Hall–Kier alpha value is -2.60. The van der Waals surface area contributed by atoms with E-state index < -0.39 is 17.9 Å². The lowest BCUT2D eigenvalue weighted by molar-refractivity contribution is -0.140. The van der Waals surface area contributed by atoms with Crippen LogP contribution >= 0.6 is 12.2 Å². The van der Waals surface area contributed by atoms with Crippen LogP contribution in [0, 0.1) is 5.41 Å². The van der Waals surface area contributed by atoms with E-state index in [1.807, 2.05) is 45.0 Å². The number of carbonyl (C=O) groups is 3. The molecule has 0 unspecified atom stereocenters. The Morgan fingerprint density at radius 1 is 0.886 bits per heavy atom. The standard InChI is InChI=1S/C24H36N4O6S/c1-24(2,3)23(35)25-18-6-4-17(5-7-18)12-19-13-27(15-21(31)32)9-8-26(14-20(29)30)10-11-28(19)16-22(33)34/h4-7,19H,8-16H2,1-3H3,(H,25,35)(H,29,30)(H,31,32)(H,33,34)/t19-/m1/s1. The number of carboxylic acids is 3. The van der Waals surface area contributed by atoms with E-state index in [2.05, 4.69) is 5.32 Å². The average molecular weight is 509 g/mol. The van der Waals surface area contributed by atoms with E-state index in [0.717, 1.165) is 16.2 Å². The molecule has 1 atom stereocenters. The SMILES string of the molecule is CC(C)(C)C(=S)Nc1ccc(C[C@@H]2CN(CC(=O)O)CCN(CC(=O)O)CCN2CC(=O)O)cc1. The summed E-state index contributed by atoms with van der Waals surface area (Å²) < 4.78 is 0. The largest absolute Gasteiger partial charge is 0.480 e. The van der Waals surface area contributed by atoms with Gasteiger partial charge in [0, 0.05) is 49.9 Å². The van der Waals surface area contributed by atoms with Crippen molar-refractivity contribution in [2.45, 2.75) is 33.2 Å². The molecule has 2 rings (SSSR count). The number of hydrogen-bond acceptors (Lipinski definition) is 7. The molecule has 0 amide bonds. The Balaban J connectivity index is 2.24. The Bertz CT molecular complexity index is 902. The minimum atomic E-state index is -0.987. The van der Waals surface area contributed by atoms with E-state index in [1.54, 1.807) is 14.7 Å². The van der Waals surface area contributed by atoms with E-state index in [4.69, 9.17) is 12.2 Å². The number of nitrogens with zero attached hydrogens (tertiary/aromatic N) is 3. The smallest absolute Gasteiger partial charge is 0.317 e. The minimum Gasteiger partial charge on any atom is -0.480 e. The zero-order valence-electron chi connectivity index (χ0n) is 20.6. The molecule has 11 heteroatoms. The molecule has 194 valence electrons. The van der Waals surface area contributed by atoms with Crippen LogP contribution in [0.2, 0.25) is 0 Å². The summed E-state index contributed by atoms with van der Waals surface area (Å²) in [5, 5.41) is 31.4. The molecule has 1 aromatic rings. The van der Waals surface area contributed by atoms with Crippen molar-refractivity contribution in [3.63, 3.8) is 0 Å². The minimum absolute atomic E-state index is 0.162. The first-order valence-electron chi connectivity index (χ1n) is 11.6. The van der Waals surface area contributed by atoms with Gasteiger partial charge < -0.3 is 20.6 Å². The summed E-state index contributed by atoms with van der Waals surface area (Å²) in [4.78, 5) is 40.3. The van der Waals surface area contributed by atoms with Gasteiger partial charge in [-0.1, -0.05) is 45.1 Å². The first-order valence-corrected chi connectivity index (χ1v) is 12.0. The number of thiocarbonyl (C=S) groups is 1. The van der Waals surface area contributed by atoms with Crippen molar-refractivity contribution in [3.8, 4) is 0 Å². The van der Waals surface area contributed by atoms with Gasteiger partial charge in [0.15, 0.2) is 0 Å². The van der Waals surface area contributed by atoms with Crippen LogP contribution < -0.4 is 5.32 Å². The third-order valence-electron chi connectivity index (χ3n) is 5.84. The zero-order chi connectivity index (χ0) is 26.2. The van der Waals surface area contributed by atoms with E-state index in [1.165, 1.54) is 0 Å². The van der Waals surface area contributed by atoms with Crippen LogP contribution in [0.3, 0.4) is 0 Å². The summed E-state index contributed by atoms with van der Waals surface area (Å²) in [5.74, 6) is -2.95. The molecule has 1 aliphatic rings. The molecule has 4 N–H and O–H groups in total. The fraction of sp³-hybridized carbons (Fsp3) is 0.583. The third kappa shape index (κ3) is 10.3. The quantitative estimate of drug-likeness (QED) is 0.362. The van der Waals surface area contributed by atoms with Crippen molar-refractivity contribution in [1.29, 1.82) is 0 Å². The number of hydrogen-bond donors (Lipinski definition) is 4. The fourth-order valence-corrected chi connectivity index (χ4v) is 4.04. The maximum atomic E-state index is 11.6. The summed E-state index contributed by atoms with van der Waals surface area (Å²) in [6, 6.07) is 7.50. The number of benzene rings is 1. The van der Waals surface area contributed by atoms with Crippen molar-refractivity contribution < 1.29 is 29.7 Å². The maximum absolute atomic E-state index is 11.6. The third-order valence-corrected chi connectivity index (χ3v) is 6.56. The molecule has 1 saturated heterocycles. The maximum Gasteiger partial charge on any atom is 0.317 e. The van der Waals surface area contributed by atoms with E-state index in [9.17, 15) is 29.7 Å². The van der Waals surface area contributed by atoms with Crippen LogP contribution in [0.25, 0.3) is 0 Å². The second kappa shape index (κ2) is 12.9. The summed E-state index contributed by atoms with van der Waals surface area (Å²) in [6.45, 7) is 7.37. The molecule has 1 fully saturated rings. The molecule has 1 aromatic carbocycles. The highest BCUT2D eigenvalue weighted by Gasteiger charge is 2.28. The van der Waals surface area contributed by atoms with Crippen LogP contribution in [-0.2, 0) is 20.8 Å². The van der Waals surface area contributed by atoms with Crippen LogP contribution in [0.5, 0.6) is 0 Å². The lowest BCUT2D eigenvalue weighted by Gasteiger charge is -2.33. The number of aliphatic carboxylic acids is 3. The van der Waals surface area contributed by atoms with E-state index in [0.29, 0.717) is 39.1 Å². The molecule has 1 aliphatic heterocycles. The van der Waals surface area contributed by atoms with Gasteiger partial charge in [-0.05, 0) is 24.1 Å². The molecule has 0 saturated carbocycles. The second-order valence-corrected chi connectivity index (χ2v) is 10.3. The molecule has 10 nitrogen and oxygen atoms in total. The van der Waals surface area contributed by atoms with Crippen molar-refractivity contribution >= 4 is 40.8 Å². The molecular formula is C24H36N4O6S. The predicted octanol–water partition coefficient (Wildman–Crippen LogP) is 1.56. The van der Waals surface area contributed by atoms with Crippen LogP contribution in [-0.4, -0.2) is 111 Å². The van der Waals surface area contributed by atoms with E-state index in [-0.39, 0.29) is 31.1 Å². The summed E-state index contributed by atoms with van der Waals surface area (Å²) in [7, 11) is 0. The highest BCUT2D eigenvalue weighted by Crippen LogP contribution is 2.20. The Labute approximate surface area is 211 Å². The first kappa shape index (κ1) is 28.6. The summed E-state index contributed by atoms with van der Waals surface area (Å²) in [5.41, 5.74) is 1.68. The van der Waals surface area contributed by atoms with Crippen LogP contribution in [0.15, 0.2) is 24.3 Å². The van der Waals surface area contributed by atoms with Crippen molar-refractivity contribution in [3.05, 3.63) is 29.8 Å². The molecule has 1 heterocycles. The first-order chi connectivity index (χ1) is 16.3. The summed E-state index contributed by atoms with van der Waals surface area (Å²) in [6.07, 6.45) is 0.520. The van der Waals surface area contributed by atoms with Gasteiger partial charge in [-0.25, -0.2) is 0 Å². The molecule has 0 aromatic heterocycles. The number of nitrogens with one attached hydrogen (secondary N) is 1. The lowest BCUT2D eigenvalue weighted by atomic mass is 9.96. The van der Waals surface area contributed by atoms with Crippen molar-refractivity contribution in [2.75, 3.05) is 57.7 Å². The highest BCUT2D eigenvalue weighted by molar-refractivity contribution is 7.80. The number of anilines is 1. The predicted molar refractivity (Wildman–Crippen MR) is 137 cm³/mol. The molecular weight excluding hydrogens is 472 g/mol. The van der Waals surface area contributed by atoms with E-state index >= 15 is 0 Å². The van der Waals surface area contributed by atoms with Gasteiger partial charge in [-0.3, -0.25) is 29.1 Å². The summed E-state index contributed by atoms with van der Waals surface area (Å²) >= 11 is 5.45. The van der Waals surface area contributed by atoms with Gasteiger partial charge in [0.05, 0.1) is 24.6 Å². The van der Waals surface area contributed by atoms with Gasteiger partial charge in [0.2, 0.25) is 0 Å². The van der Waals surface area contributed by atoms with Crippen LogP contribution in [0.1, 0.15) is 26.3 Å². The second-order valence-electron chi connectivity index (χ2n) is 9.92. The van der Waals surface area contributed by atoms with Crippen molar-refractivity contribution in [2.24, 2.45) is 5.41 Å². The normalized spacial score (nSPS) is 18.8. The molecule has 35 heavy (non-hydrogen) atoms. The average Bonchev–Trinajstić information content (AvgIpc) is 2.79. The molecule has 0 bridgehead atoms. The lowest BCUT2D eigenvalue weighted by Crippen LogP contribution is -2.49. The van der Waals surface area contributed by atoms with Gasteiger partial charge >= 0.3 is 17.9 Å². The topological polar surface area (TPSA) is 134 Å². The molecule has 0 radical (unpaired) electrons. The van der Waals surface area contributed by atoms with Crippen molar-refractivity contribution in [1.82, 2.24) is 14.7 Å². The fourth-order valence-electron chi connectivity index (χ4n) is 3.93. The molecule has 0 spiro atoms. The van der Waals surface area contributed by atoms with Gasteiger partial charge in [0.1, 0.15) is 0 Å².